The molecule has 36 heavy (non-hydrogen) atoms. The zero-order valence-corrected chi connectivity index (χ0v) is 21.5. The number of carbonyl (C=O) groups excluding carboxylic acids is 2. The second-order valence-electron chi connectivity index (χ2n) is 9.32. The maximum atomic E-state index is 12.5. The highest BCUT2D eigenvalue weighted by Crippen LogP contribution is 2.32. The number of hydrogen-bond donors (Lipinski definition) is 1. The summed E-state index contributed by atoms with van der Waals surface area (Å²) in [6.07, 6.45) is -0.964. The molecule has 2 heterocycles. The van der Waals surface area contributed by atoms with E-state index in [-0.39, 0.29) is 18.5 Å². The second kappa shape index (κ2) is 11.1. The summed E-state index contributed by atoms with van der Waals surface area (Å²) in [7, 11) is 0. The van der Waals surface area contributed by atoms with Crippen LogP contribution in [0, 0.1) is 13.8 Å². The van der Waals surface area contributed by atoms with Crippen molar-refractivity contribution in [3.05, 3.63) is 59.3 Å². The highest BCUT2D eigenvalue weighted by Gasteiger charge is 2.24. The van der Waals surface area contributed by atoms with Gasteiger partial charge in [-0.05, 0) is 58.0 Å². The van der Waals surface area contributed by atoms with Crippen LogP contribution in [-0.4, -0.2) is 83.4 Å². The summed E-state index contributed by atoms with van der Waals surface area (Å²) in [6, 6.07) is 14.0. The fourth-order valence-corrected chi connectivity index (χ4v) is 4.83. The molecule has 1 amide bonds. The Bertz CT molecular complexity index is 1230. The van der Waals surface area contributed by atoms with Crippen molar-refractivity contribution in [2.45, 2.75) is 33.8 Å². The molecule has 1 aliphatic heterocycles. The molecule has 192 valence electrons. The highest BCUT2D eigenvalue weighted by atomic mass is 16.6. The lowest BCUT2D eigenvalue weighted by Gasteiger charge is -2.34. The summed E-state index contributed by atoms with van der Waals surface area (Å²) < 4.78 is 13.1. The van der Waals surface area contributed by atoms with Gasteiger partial charge in [-0.3, -0.25) is 9.69 Å². The van der Waals surface area contributed by atoms with E-state index in [1.165, 1.54) is 5.56 Å². The first-order valence-electron chi connectivity index (χ1n) is 12.5. The monoisotopic (exact) mass is 493 g/mol. The van der Waals surface area contributed by atoms with Gasteiger partial charge in [0, 0.05) is 55.1 Å². The van der Waals surface area contributed by atoms with Gasteiger partial charge in [0.2, 0.25) is 0 Å². The van der Waals surface area contributed by atoms with Gasteiger partial charge in [-0.1, -0.05) is 17.7 Å². The van der Waals surface area contributed by atoms with Crippen molar-refractivity contribution in [2.24, 2.45) is 0 Å². The number of amides is 1. The molecule has 8 nitrogen and oxygen atoms in total. The van der Waals surface area contributed by atoms with E-state index in [9.17, 15) is 14.7 Å². The zero-order chi connectivity index (χ0) is 25.8. The molecule has 0 spiro atoms. The standard InChI is InChI=1S/C28H35N3O5/c1-5-35-28(34)30-14-12-29(13-15-30)17-23(33)18-36-24-10-11-26-25(16-24)27(21(4)32)20(3)31(26)22-8-6-19(2)7-9-22/h6-11,16,23,33H,5,12-15,17-18H2,1-4H3. The van der Waals surface area contributed by atoms with E-state index >= 15 is 0 Å². The van der Waals surface area contributed by atoms with Crippen LogP contribution in [0.4, 0.5) is 4.79 Å². The number of ether oxygens (including phenoxy) is 2. The van der Waals surface area contributed by atoms with E-state index in [0.717, 1.165) is 22.3 Å². The number of fused-ring (bicyclic) bond motifs is 1. The Hall–Kier alpha value is -3.36. The molecule has 1 atom stereocenters. The van der Waals surface area contributed by atoms with Gasteiger partial charge in [0.05, 0.1) is 12.1 Å². The highest BCUT2D eigenvalue weighted by molar-refractivity contribution is 6.09. The Labute approximate surface area is 212 Å². The predicted octanol–water partition coefficient (Wildman–Crippen LogP) is 3.96. The number of Topliss-reactive ketones (excluding diaryl/α,β-unsaturated/α-hetero) is 1. The Kier molecular flexibility index (Phi) is 7.96. The lowest BCUT2D eigenvalue weighted by Crippen LogP contribution is -2.51. The summed E-state index contributed by atoms with van der Waals surface area (Å²) in [6.45, 7) is 10.9. The van der Waals surface area contributed by atoms with E-state index < -0.39 is 6.10 Å². The molecule has 1 fully saturated rings. The number of ketones is 1. The smallest absolute Gasteiger partial charge is 0.409 e. The van der Waals surface area contributed by atoms with E-state index in [1.54, 1.807) is 18.7 Å². The van der Waals surface area contributed by atoms with Gasteiger partial charge in [-0.2, -0.15) is 0 Å². The van der Waals surface area contributed by atoms with Crippen molar-refractivity contribution >= 4 is 22.8 Å². The van der Waals surface area contributed by atoms with Crippen LogP contribution in [-0.2, 0) is 4.74 Å². The molecule has 1 aromatic heterocycles. The molecule has 0 aliphatic carbocycles. The number of carbonyl (C=O) groups is 2. The Balaban J connectivity index is 1.43. The zero-order valence-electron chi connectivity index (χ0n) is 21.5. The number of nitrogens with zero attached hydrogens (tertiary/aromatic N) is 3. The minimum Gasteiger partial charge on any atom is -0.491 e. The largest absolute Gasteiger partial charge is 0.491 e. The van der Waals surface area contributed by atoms with Crippen LogP contribution in [0.25, 0.3) is 16.6 Å². The molecule has 0 radical (unpaired) electrons. The second-order valence-corrected chi connectivity index (χ2v) is 9.32. The number of aryl methyl sites for hydroxylation is 1. The van der Waals surface area contributed by atoms with Crippen LogP contribution in [0.2, 0.25) is 0 Å². The van der Waals surface area contributed by atoms with Gasteiger partial charge in [0.25, 0.3) is 0 Å². The van der Waals surface area contributed by atoms with Gasteiger partial charge in [-0.15, -0.1) is 0 Å². The number of aromatic nitrogens is 1. The number of benzene rings is 2. The molecule has 1 unspecified atom stereocenters. The third kappa shape index (κ3) is 5.55. The topological polar surface area (TPSA) is 84.2 Å². The van der Waals surface area contributed by atoms with Gasteiger partial charge in [-0.25, -0.2) is 4.79 Å². The number of aliphatic hydroxyl groups is 1. The molecule has 0 saturated carbocycles. The van der Waals surface area contributed by atoms with Gasteiger partial charge in [0.15, 0.2) is 5.78 Å². The van der Waals surface area contributed by atoms with Crippen molar-refractivity contribution in [2.75, 3.05) is 45.9 Å². The Morgan fingerprint density at radius 2 is 1.72 bits per heavy atom. The maximum absolute atomic E-state index is 12.5. The summed E-state index contributed by atoms with van der Waals surface area (Å²) in [5.74, 6) is 0.611. The average Bonchev–Trinajstić information content (AvgIpc) is 3.15. The molecular weight excluding hydrogens is 458 g/mol. The van der Waals surface area contributed by atoms with Crippen LogP contribution < -0.4 is 4.74 Å². The van der Waals surface area contributed by atoms with Crippen molar-refractivity contribution in [3.8, 4) is 11.4 Å². The van der Waals surface area contributed by atoms with Crippen LogP contribution >= 0.6 is 0 Å². The quantitative estimate of drug-likeness (QED) is 0.478. The van der Waals surface area contributed by atoms with E-state index in [0.29, 0.717) is 50.6 Å². The van der Waals surface area contributed by atoms with E-state index in [1.807, 2.05) is 32.0 Å². The number of β-amino-alcohol motifs (C(OH)–C–C–N with tert-alkyl or cyclic N) is 1. The van der Waals surface area contributed by atoms with Crippen LogP contribution in [0.5, 0.6) is 5.75 Å². The minimum absolute atomic E-state index is 0.00232. The third-order valence-electron chi connectivity index (χ3n) is 6.63. The lowest BCUT2D eigenvalue weighted by molar-refractivity contribution is 0.0408. The van der Waals surface area contributed by atoms with Crippen LogP contribution in [0.3, 0.4) is 0 Å². The van der Waals surface area contributed by atoms with Crippen molar-refractivity contribution < 1.29 is 24.2 Å². The molecule has 1 N–H and O–H groups in total. The fraction of sp³-hybridized carbons (Fsp3) is 0.429. The van der Waals surface area contributed by atoms with Gasteiger partial charge < -0.3 is 24.0 Å². The van der Waals surface area contributed by atoms with Crippen molar-refractivity contribution in [1.29, 1.82) is 0 Å². The lowest BCUT2D eigenvalue weighted by atomic mass is 10.1. The molecule has 1 saturated heterocycles. The van der Waals surface area contributed by atoms with Gasteiger partial charge >= 0.3 is 6.09 Å². The normalized spacial score (nSPS) is 15.2. The summed E-state index contributed by atoms with van der Waals surface area (Å²) in [5.41, 5.74) is 4.68. The number of piperazine rings is 1. The molecule has 2 aromatic carbocycles. The van der Waals surface area contributed by atoms with Gasteiger partial charge in [0.1, 0.15) is 18.5 Å². The Morgan fingerprint density at radius 3 is 2.36 bits per heavy atom. The van der Waals surface area contributed by atoms with E-state index in [2.05, 4.69) is 33.7 Å². The third-order valence-corrected chi connectivity index (χ3v) is 6.63. The first-order chi connectivity index (χ1) is 17.3. The minimum atomic E-state index is -0.680. The fourth-order valence-electron chi connectivity index (χ4n) is 4.83. The summed E-state index contributed by atoms with van der Waals surface area (Å²) >= 11 is 0. The number of hydrogen-bond acceptors (Lipinski definition) is 6. The first kappa shape index (κ1) is 25.7. The molecule has 1 aliphatic rings. The number of rotatable bonds is 8. The van der Waals surface area contributed by atoms with Crippen molar-refractivity contribution in [3.63, 3.8) is 0 Å². The van der Waals surface area contributed by atoms with Crippen molar-refractivity contribution in [1.82, 2.24) is 14.4 Å². The summed E-state index contributed by atoms with van der Waals surface area (Å²) in [5, 5.41) is 11.4. The molecule has 3 aromatic rings. The predicted molar refractivity (Wildman–Crippen MR) is 139 cm³/mol. The molecule has 4 rings (SSSR count). The number of aliphatic hydroxyl groups excluding tert-OH is 1. The molecule has 0 bridgehead atoms. The van der Waals surface area contributed by atoms with Crippen LogP contribution in [0.15, 0.2) is 42.5 Å². The maximum Gasteiger partial charge on any atom is 0.409 e. The average molecular weight is 494 g/mol. The first-order valence-corrected chi connectivity index (χ1v) is 12.5. The molecular formula is C28H35N3O5. The SMILES string of the molecule is CCOC(=O)N1CCN(CC(O)COc2ccc3c(c2)c(C(C)=O)c(C)n3-c2ccc(C)cc2)CC1. The Morgan fingerprint density at radius 1 is 1.03 bits per heavy atom. The molecule has 8 heteroatoms. The van der Waals surface area contributed by atoms with E-state index in [4.69, 9.17) is 9.47 Å². The van der Waals surface area contributed by atoms with Crippen LogP contribution in [0.1, 0.15) is 35.5 Å². The summed E-state index contributed by atoms with van der Waals surface area (Å²) in [4.78, 5) is 28.2.